The highest BCUT2D eigenvalue weighted by molar-refractivity contribution is 5.88. The van der Waals surface area contributed by atoms with Gasteiger partial charge in [0.2, 0.25) is 0 Å². The molecule has 3 rings (SSSR count). The first-order chi connectivity index (χ1) is 12.0. The van der Waals surface area contributed by atoms with Crippen molar-refractivity contribution in [3.8, 4) is 5.69 Å². The van der Waals surface area contributed by atoms with Crippen LogP contribution in [0.25, 0.3) is 16.7 Å². The first kappa shape index (κ1) is 16.7. The highest BCUT2D eigenvalue weighted by atomic mass is 16.5. The molecule has 0 fully saturated rings. The predicted octanol–water partition coefficient (Wildman–Crippen LogP) is 1.38. The predicted molar refractivity (Wildman–Crippen MR) is 92.3 cm³/mol. The van der Waals surface area contributed by atoms with Crippen LogP contribution in [0.1, 0.15) is 30.0 Å². The molecule has 2 heterocycles. The number of hydrogen-bond donors (Lipinski definition) is 1. The Labute approximate surface area is 142 Å². The summed E-state index contributed by atoms with van der Waals surface area (Å²) in [6, 6.07) is 5.34. The molecule has 8 heteroatoms. The Bertz CT molecular complexity index is 1070. The number of esters is 1. The number of nitrogens with one attached hydrogen (secondary N) is 1. The van der Waals surface area contributed by atoms with E-state index in [0.717, 1.165) is 23.4 Å². The van der Waals surface area contributed by atoms with E-state index in [1.54, 1.807) is 19.1 Å². The molecule has 0 atom stereocenters. The minimum atomic E-state index is -0.773. The van der Waals surface area contributed by atoms with Gasteiger partial charge >= 0.3 is 11.7 Å². The number of ether oxygens (including phenoxy) is 1. The second-order valence-corrected chi connectivity index (χ2v) is 5.47. The van der Waals surface area contributed by atoms with Crippen molar-refractivity contribution >= 4 is 17.0 Å². The van der Waals surface area contributed by atoms with Crippen LogP contribution in [0.4, 0.5) is 0 Å². The van der Waals surface area contributed by atoms with Crippen LogP contribution >= 0.6 is 0 Å². The van der Waals surface area contributed by atoms with E-state index in [9.17, 15) is 14.4 Å². The SMILES string of the molecule is CCOC(=O)c1cn(-c2ccc3c(c2)nc(C)n3CC)c(=O)[nH]c1=O. The molecule has 0 aliphatic carbocycles. The lowest BCUT2D eigenvalue weighted by atomic mass is 10.2. The zero-order valence-electron chi connectivity index (χ0n) is 14.2. The van der Waals surface area contributed by atoms with Gasteiger partial charge in [-0.25, -0.2) is 14.6 Å². The zero-order valence-corrected chi connectivity index (χ0v) is 14.2. The molecule has 8 nitrogen and oxygen atoms in total. The summed E-state index contributed by atoms with van der Waals surface area (Å²) in [6.45, 7) is 6.50. The number of nitrogens with zero attached hydrogens (tertiary/aromatic N) is 3. The first-order valence-corrected chi connectivity index (χ1v) is 7.96. The monoisotopic (exact) mass is 342 g/mol. The second-order valence-electron chi connectivity index (χ2n) is 5.47. The number of carbonyl (C=O) groups excluding carboxylic acids is 1. The molecule has 130 valence electrons. The van der Waals surface area contributed by atoms with Crippen molar-refractivity contribution in [1.29, 1.82) is 0 Å². The number of imidazole rings is 1. The highest BCUT2D eigenvalue weighted by Gasteiger charge is 2.15. The van der Waals surface area contributed by atoms with Gasteiger partial charge in [0.15, 0.2) is 0 Å². The van der Waals surface area contributed by atoms with Crippen LogP contribution in [-0.4, -0.2) is 31.7 Å². The number of aromatic amines is 1. The minimum absolute atomic E-state index is 0.136. The zero-order chi connectivity index (χ0) is 18.1. The van der Waals surface area contributed by atoms with Crippen molar-refractivity contribution in [3.63, 3.8) is 0 Å². The Morgan fingerprint density at radius 3 is 2.72 bits per heavy atom. The van der Waals surface area contributed by atoms with Crippen molar-refractivity contribution in [2.45, 2.75) is 27.3 Å². The van der Waals surface area contributed by atoms with Crippen molar-refractivity contribution in [1.82, 2.24) is 19.1 Å². The van der Waals surface area contributed by atoms with Gasteiger partial charge in [0.1, 0.15) is 11.4 Å². The molecule has 2 aromatic heterocycles. The maximum atomic E-state index is 12.2. The molecule has 0 radical (unpaired) electrons. The topological polar surface area (TPSA) is 99.0 Å². The molecule has 3 aromatic rings. The minimum Gasteiger partial charge on any atom is -0.462 e. The van der Waals surface area contributed by atoms with Crippen LogP contribution in [0, 0.1) is 6.92 Å². The number of benzene rings is 1. The van der Waals surface area contributed by atoms with Crippen LogP contribution < -0.4 is 11.2 Å². The smallest absolute Gasteiger partial charge is 0.345 e. The van der Waals surface area contributed by atoms with Crippen LogP contribution in [0.2, 0.25) is 0 Å². The normalized spacial score (nSPS) is 11.0. The number of rotatable bonds is 4. The Morgan fingerprint density at radius 2 is 2.04 bits per heavy atom. The Kier molecular flexibility index (Phi) is 4.26. The molecule has 0 saturated carbocycles. The van der Waals surface area contributed by atoms with Gasteiger partial charge < -0.3 is 9.30 Å². The van der Waals surface area contributed by atoms with Crippen LogP contribution in [0.5, 0.6) is 0 Å². The van der Waals surface area contributed by atoms with E-state index in [2.05, 4.69) is 14.5 Å². The molecule has 0 unspecified atom stereocenters. The fourth-order valence-electron chi connectivity index (χ4n) is 2.80. The van der Waals surface area contributed by atoms with E-state index < -0.39 is 17.2 Å². The Morgan fingerprint density at radius 1 is 1.28 bits per heavy atom. The fourth-order valence-corrected chi connectivity index (χ4v) is 2.80. The van der Waals surface area contributed by atoms with Crippen molar-refractivity contribution in [2.75, 3.05) is 6.61 Å². The van der Waals surface area contributed by atoms with Crippen LogP contribution in [0.15, 0.2) is 34.0 Å². The third-order valence-corrected chi connectivity index (χ3v) is 3.95. The summed E-state index contributed by atoms with van der Waals surface area (Å²) in [5, 5.41) is 0. The molecule has 0 aliphatic rings. The molecular weight excluding hydrogens is 324 g/mol. The number of fused-ring (bicyclic) bond motifs is 1. The molecule has 25 heavy (non-hydrogen) atoms. The van der Waals surface area contributed by atoms with E-state index in [1.165, 1.54) is 10.8 Å². The van der Waals surface area contributed by atoms with Crippen molar-refractivity contribution < 1.29 is 9.53 Å². The largest absolute Gasteiger partial charge is 0.462 e. The molecule has 1 aromatic carbocycles. The van der Waals surface area contributed by atoms with Gasteiger partial charge in [0.25, 0.3) is 5.56 Å². The van der Waals surface area contributed by atoms with Gasteiger partial charge in [0, 0.05) is 12.7 Å². The molecule has 0 saturated heterocycles. The molecule has 0 aliphatic heterocycles. The van der Waals surface area contributed by atoms with E-state index in [4.69, 9.17) is 4.74 Å². The number of aryl methyl sites for hydroxylation is 2. The van der Waals surface area contributed by atoms with Crippen LogP contribution in [0.3, 0.4) is 0 Å². The van der Waals surface area contributed by atoms with E-state index >= 15 is 0 Å². The Balaban J connectivity index is 2.17. The number of carbonyl (C=O) groups is 1. The summed E-state index contributed by atoms with van der Waals surface area (Å²) < 4.78 is 8.11. The number of hydrogen-bond acceptors (Lipinski definition) is 5. The summed E-state index contributed by atoms with van der Waals surface area (Å²) in [4.78, 5) is 42.5. The lowest BCUT2D eigenvalue weighted by Crippen LogP contribution is -2.33. The standard InChI is InChI=1S/C17H18N4O4/c1-4-20-10(3)18-13-8-11(6-7-14(13)20)21-9-12(16(23)25-5-2)15(22)19-17(21)24/h6-9H,4-5H2,1-3H3,(H,19,22,24). The van der Waals surface area contributed by atoms with E-state index in [-0.39, 0.29) is 12.2 Å². The maximum absolute atomic E-state index is 12.2. The summed E-state index contributed by atoms with van der Waals surface area (Å²) in [6.07, 6.45) is 1.20. The van der Waals surface area contributed by atoms with Crippen LogP contribution in [-0.2, 0) is 11.3 Å². The molecule has 1 N–H and O–H groups in total. The quantitative estimate of drug-likeness (QED) is 0.722. The molecule has 0 amide bonds. The average molecular weight is 342 g/mol. The van der Waals surface area contributed by atoms with Gasteiger partial charge in [-0.1, -0.05) is 0 Å². The Hall–Kier alpha value is -3.16. The lowest BCUT2D eigenvalue weighted by Gasteiger charge is -2.08. The van der Waals surface area contributed by atoms with Gasteiger partial charge in [-0.05, 0) is 39.0 Å². The molecule has 0 bridgehead atoms. The third kappa shape index (κ3) is 2.86. The van der Waals surface area contributed by atoms with Gasteiger partial charge in [0.05, 0.1) is 23.3 Å². The van der Waals surface area contributed by atoms with Crippen molar-refractivity contribution in [2.24, 2.45) is 0 Å². The fraction of sp³-hybridized carbons (Fsp3) is 0.294. The van der Waals surface area contributed by atoms with Gasteiger partial charge in [-0.2, -0.15) is 0 Å². The van der Waals surface area contributed by atoms with Gasteiger partial charge in [-0.3, -0.25) is 14.3 Å². The number of H-pyrrole nitrogens is 1. The summed E-state index contributed by atoms with van der Waals surface area (Å²) in [5.41, 5.74) is 0.548. The average Bonchev–Trinajstić information content (AvgIpc) is 2.89. The van der Waals surface area contributed by atoms with Crippen molar-refractivity contribution in [3.05, 3.63) is 56.6 Å². The highest BCUT2D eigenvalue weighted by Crippen LogP contribution is 2.19. The molecule has 0 spiro atoms. The first-order valence-electron chi connectivity index (χ1n) is 7.96. The second kappa shape index (κ2) is 6.39. The molecular formula is C17H18N4O4. The lowest BCUT2D eigenvalue weighted by molar-refractivity contribution is 0.0523. The summed E-state index contributed by atoms with van der Waals surface area (Å²) in [7, 11) is 0. The number of aromatic nitrogens is 4. The summed E-state index contributed by atoms with van der Waals surface area (Å²) in [5.74, 6) is 0.0976. The maximum Gasteiger partial charge on any atom is 0.345 e. The van der Waals surface area contributed by atoms with Gasteiger partial charge in [-0.15, -0.1) is 0 Å². The summed E-state index contributed by atoms with van der Waals surface area (Å²) >= 11 is 0. The van der Waals surface area contributed by atoms with E-state index in [1.807, 2.05) is 19.9 Å². The van der Waals surface area contributed by atoms with E-state index in [0.29, 0.717) is 5.69 Å². The third-order valence-electron chi connectivity index (χ3n) is 3.95.